The number of carbonyl (C=O) groups is 2. The van der Waals surface area contributed by atoms with Crippen LogP contribution in [0.3, 0.4) is 0 Å². The van der Waals surface area contributed by atoms with Crippen LogP contribution in [0.4, 0.5) is 0 Å². The van der Waals surface area contributed by atoms with Crippen LogP contribution in [0.2, 0.25) is 0 Å². The molecule has 0 radical (unpaired) electrons. The number of Topliss-reactive ketones (excluding diaryl/α,β-unsaturated/α-hetero) is 1. The van der Waals surface area contributed by atoms with Gasteiger partial charge in [0.2, 0.25) is 0 Å². The Kier molecular flexibility index (Phi) is 3.28. The molecule has 2 aliphatic carbocycles. The van der Waals surface area contributed by atoms with E-state index in [0.717, 1.165) is 25.7 Å². The summed E-state index contributed by atoms with van der Waals surface area (Å²) >= 11 is 0. The van der Waals surface area contributed by atoms with Gasteiger partial charge in [-0.3, -0.25) is 9.59 Å². The highest BCUT2D eigenvalue weighted by Gasteiger charge is 2.47. The lowest BCUT2D eigenvalue weighted by Gasteiger charge is -2.22. The third-order valence-electron chi connectivity index (χ3n) is 3.85. The van der Waals surface area contributed by atoms with E-state index < -0.39 is 11.5 Å². The smallest absolute Gasteiger partial charge is 0.317 e. The lowest BCUT2D eigenvalue weighted by atomic mass is 9.81. The van der Waals surface area contributed by atoms with Gasteiger partial charge in [-0.15, -0.1) is 0 Å². The van der Waals surface area contributed by atoms with Crippen LogP contribution in [0.25, 0.3) is 0 Å². The molecule has 3 heteroatoms. The number of esters is 1. The Hall–Kier alpha value is -0.860. The van der Waals surface area contributed by atoms with Crippen LogP contribution in [0, 0.1) is 17.8 Å². The molecule has 0 saturated heterocycles. The van der Waals surface area contributed by atoms with Crippen LogP contribution in [0.5, 0.6) is 0 Å². The van der Waals surface area contributed by atoms with E-state index in [1.54, 1.807) is 0 Å². The third-order valence-corrected chi connectivity index (χ3v) is 3.85. The van der Waals surface area contributed by atoms with Crippen molar-refractivity contribution in [2.75, 3.05) is 0 Å². The molecule has 2 saturated carbocycles. The van der Waals surface area contributed by atoms with Gasteiger partial charge in [-0.1, -0.05) is 12.8 Å². The van der Waals surface area contributed by atoms with Gasteiger partial charge in [-0.25, -0.2) is 0 Å². The van der Waals surface area contributed by atoms with E-state index in [9.17, 15) is 9.59 Å². The number of hydrogen-bond acceptors (Lipinski definition) is 3. The molecule has 96 valence electrons. The van der Waals surface area contributed by atoms with Crippen LogP contribution in [0.15, 0.2) is 0 Å². The molecule has 2 fully saturated rings. The van der Waals surface area contributed by atoms with Crippen molar-refractivity contribution in [3.05, 3.63) is 0 Å². The second-order valence-corrected chi connectivity index (χ2v) is 6.38. The predicted octanol–water partition coefficient (Wildman–Crippen LogP) is 2.72. The highest BCUT2D eigenvalue weighted by molar-refractivity contribution is 6.02. The summed E-state index contributed by atoms with van der Waals surface area (Å²) < 4.78 is 5.34. The van der Waals surface area contributed by atoms with Crippen molar-refractivity contribution >= 4 is 11.8 Å². The lowest BCUT2D eigenvalue weighted by Crippen LogP contribution is -2.31. The molecular weight excluding hydrogens is 216 g/mol. The van der Waals surface area contributed by atoms with Crippen molar-refractivity contribution in [1.82, 2.24) is 0 Å². The van der Waals surface area contributed by atoms with Crippen molar-refractivity contribution in [2.45, 2.75) is 58.5 Å². The van der Waals surface area contributed by atoms with Crippen molar-refractivity contribution < 1.29 is 14.3 Å². The van der Waals surface area contributed by atoms with Gasteiger partial charge in [0.1, 0.15) is 17.3 Å². The zero-order valence-corrected chi connectivity index (χ0v) is 11.0. The minimum absolute atomic E-state index is 0.140. The van der Waals surface area contributed by atoms with Gasteiger partial charge in [0.05, 0.1) is 0 Å². The summed E-state index contributed by atoms with van der Waals surface area (Å²) in [4.78, 5) is 24.1. The fourth-order valence-corrected chi connectivity index (χ4v) is 3.13. The molecule has 0 spiro atoms. The number of carbonyl (C=O) groups excluding carboxylic acids is 2. The second-order valence-electron chi connectivity index (χ2n) is 6.38. The van der Waals surface area contributed by atoms with Gasteiger partial charge >= 0.3 is 5.97 Å². The zero-order chi connectivity index (χ0) is 12.6. The maximum absolute atomic E-state index is 12.2. The van der Waals surface area contributed by atoms with Gasteiger partial charge in [0.15, 0.2) is 0 Å². The molecule has 0 aromatic carbocycles. The van der Waals surface area contributed by atoms with Gasteiger partial charge in [-0.05, 0) is 46.0 Å². The van der Waals surface area contributed by atoms with E-state index in [0.29, 0.717) is 5.92 Å². The van der Waals surface area contributed by atoms with E-state index in [2.05, 4.69) is 0 Å². The SMILES string of the molecule is CC(C)(C)OC(=O)C1C[C@@H]2CCCC[C@@H]2C1=O. The molecule has 17 heavy (non-hydrogen) atoms. The van der Waals surface area contributed by atoms with Gasteiger partial charge in [0, 0.05) is 5.92 Å². The Morgan fingerprint density at radius 2 is 1.88 bits per heavy atom. The first-order valence-electron chi connectivity index (χ1n) is 6.65. The summed E-state index contributed by atoms with van der Waals surface area (Å²) in [6.07, 6.45) is 5.14. The van der Waals surface area contributed by atoms with Crippen LogP contribution in [0.1, 0.15) is 52.9 Å². The van der Waals surface area contributed by atoms with E-state index in [-0.39, 0.29) is 17.7 Å². The molecule has 2 aliphatic rings. The summed E-state index contributed by atoms with van der Waals surface area (Å²) in [5, 5.41) is 0. The Bertz CT molecular complexity index is 327. The molecule has 1 unspecified atom stereocenters. The summed E-state index contributed by atoms with van der Waals surface area (Å²) in [5.41, 5.74) is -0.495. The summed E-state index contributed by atoms with van der Waals surface area (Å²) in [6.45, 7) is 5.53. The van der Waals surface area contributed by atoms with Crippen LogP contribution < -0.4 is 0 Å². The largest absolute Gasteiger partial charge is 0.459 e. The maximum Gasteiger partial charge on any atom is 0.317 e. The number of ketones is 1. The molecule has 0 heterocycles. The number of rotatable bonds is 1. The average molecular weight is 238 g/mol. The van der Waals surface area contributed by atoms with Gasteiger partial charge in [-0.2, -0.15) is 0 Å². The summed E-state index contributed by atoms with van der Waals surface area (Å²) in [5.74, 6) is -0.0711. The molecule has 3 atom stereocenters. The van der Waals surface area contributed by atoms with Crippen LogP contribution >= 0.6 is 0 Å². The quantitative estimate of drug-likeness (QED) is 0.521. The van der Waals surface area contributed by atoms with Crippen molar-refractivity contribution in [1.29, 1.82) is 0 Å². The Labute approximate surface area is 103 Å². The monoisotopic (exact) mass is 238 g/mol. The topological polar surface area (TPSA) is 43.4 Å². The van der Waals surface area contributed by atoms with Crippen molar-refractivity contribution in [3.63, 3.8) is 0 Å². The first kappa shape index (κ1) is 12.6. The Morgan fingerprint density at radius 1 is 1.24 bits per heavy atom. The van der Waals surface area contributed by atoms with Crippen molar-refractivity contribution in [3.8, 4) is 0 Å². The van der Waals surface area contributed by atoms with Gasteiger partial charge < -0.3 is 4.74 Å². The third kappa shape index (κ3) is 2.70. The normalized spacial score (nSPS) is 33.4. The minimum Gasteiger partial charge on any atom is -0.459 e. The molecular formula is C14H22O3. The molecule has 0 aromatic rings. The summed E-state index contributed by atoms with van der Waals surface area (Å²) in [7, 11) is 0. The van der Waals surface area contributed by atoms with Gasteiger partial charge in [0.25, 0.3) is 0 Å². The second kappa shape index (κ2) is 4.43. The standard InChI is InChI=1S/C14H22O3/c1-14(2,3)17-13(16)11-8-9-6-4-5-7-10(9)12(11)15/h9-11H,4-8H2,1-3H3/t9-,10-,11?/m0/s1. The average Bonchev–Trinajstić information content (AvgIpc) is 2.55. The van der Waals surface area contributed by atoms with E-state index in [1.807, 2.05) is 20.8 Å². The highest BCUT2D eigenvalue weighted by atomic mass is 16.6. The van der Waals surface area contributed by atoms with E-state index in [4.69, 9.17) is 4.74 Å². The van der Waals surface area contributed by atoms with E-state index >= 15 is 0 Å². The molecule has 0 amide bonds. The molecule has 0 N–H and O–H groups in total. The zero-order valence-electron chi connectivity index (χ0n) is 11.0. The lowest BCUT2D eigenvalue weighted by molar-refractivity contribution is -0.161. The number of fused-ring (bicyclic) bond motifs is 1. The summed E-state index contributed by atoms with van der Waals surface area (Å²) in [6, 6.07) is 0. The van der Waals surface area contributed by atoms with E-state index in [1.165, 1.54) is 6.42 Å². The van der Waals surface area contributed by atoms with Crippen LogP contribution in [-0.4, -0.2) is 17.4 Å². The minimum atomic E-state index is -0.495. The highest BCUT2D eigenvalue weighted by Crippen LogP contribution is 2.43. The Balaban J connectivity index is 2.03. The van der Waals surface area contributed by atoms with Crippen LogP contribution in [-0.2, 0) is 14.3 Å². The predicted molar refractivity (Wildman–Crippen MR) is 64.4 cm³/mol. The van der Waals surface area contributed by atoms with Crippen molar-refractivity contribution in [2.24, 2.45) is 17.8 Å². The fraction of sp³-hybridized carbons (Fsp3) is 0.857. The fourth-order valence-electron chi connectivity index (χ4n) is 3.13. The molecule has 2 rings (SSSR count). The molecule has 0 aromatic heterocycles. The first-order valence-corrected chi connectivity index (χ1v) is 6.65. The number of hydrogen-bond donors (Lipinski definition) is 0. The molecule has 0 bridgehead atoms. The molecule has 0 aliphatic heterocycles. The maximum atomic E-state index is 12.2. The first-order chi connectivity index (χ1) is 7.88. The number of ether oxygens (including phenoxy) is 1. The Morgan fingerprint density at radius 3 is 2.47 bits per heavy atom. The molecule has 3 nitrogen and oxygen atoms in total.